The molecule has 2 aromatic carbocycles. The predicted octanol–water partition coefficient (Wildman–Crippen LogP) is 3.81. The summed E-state index contributed by atoms with van der Waals surface area (Å²) in [6, 6.07) is 14.5. The van der Waals surface area contributed by atoms with Crippen molar-refractivity contribution in [1.82, 2.24) is 5.43 Å². The van der Waals surface area contributed by atoms with E-state index in [2.05, 4.69) is 38.4 Å². The second kappa shape index (κ2) is 9.39. The average Bonchev–Trinajstić information content (AvgIpc) is 2.55. The number of carbonyl (C=O) groups is 2. The van der Waals surface area contributed by atoms with Gasteiger partial charge in [0.25, 0.3) is 0 Å². The molecule has 0 fully saturated rings. The zero-order valence-electron chi connectivity index (χ0n) is 12.6. The lowest BCUT2D eigenvalue weighted by molar-refractivity contribution is -0.124. The Hall–Kier alpha value is -1.93. The molecule has 5 nitrogen and oxygen atoms in total. The van der Waals surface area contributed by atoms with Gasteiger partial charge in [0.05, 0.1) is 6.21 Å². The maximum absolute atomic E-state index is 11.8. The highest BCUT2D eigenvalue weighted by atomic mass is 127. The van der Waals surface area contributed by atoms with E-state index in [0.29, 0.717) is 10.7 Å². The van der Waals surface area contributed by atoms with E-state index in [1.54, 1.807) is 30.5 Å². The molecule has 2 N–H and O–H groups in total. The van der Waals surface area contributed by atoms with Crippen LogP contribution >= 0.6 is 34.2 Å². The molecule has 0 radical (unpaired) electrons. The monoisotopic (exact) mass is 455 g/mol. The predicted molar refractivity (Wildman–Crippen MR) is 104 cm³/mol. The molecule has 7 heteroatoms. The summed E-state index contributed by atoms with van der Waals surface area (Å²) in [4.78, 5) is 23.5. The summed E-state index contributed by atoms with van der Waals surface area (Å²) in [6.45, 7) is 0. The van der Waals surface area contributed by atoms with Crippen LogP contribution in [0.25, 0.3) is 0 Å². The van der Waals surface area contributed by atoms with Crippen molar-refractivity contribution in [2.75, 3.05) is 5.32 Å². The van der Waals surface area contributed by atoms with E-state index in [0.717, 1.165) is 9.13 Å². The molecule has 2 aromatic rings. The molecular weight excluding hydrogens is 441 g/mol. The largest absolute Gasteiger partial charge is 0.326 e. The van der Waals surface area contributed by atoms with Gasteiger partial charge in [0.15, 0.2) is 0 Å². The Labute approximate surface area is 158 Å². The van der Waals surface area contributed by atoms with Gasteiger partial charge >= 0.3 is 0 Å². The van der Waals surface area contributed by atoms with Gasteiger partial charge in [0, 0.05) is 32.7 Å². The van der Waals surface area contributed by atoms with Crippen molar-refractivity contribution in [2.45, 2.75) is 12.8 Å². The summed E-state index contributed by atoms with van der Waals surface area (Å²) in [5.74, 6) is -0.576. The Morgan fingerprint density at radius 3 is 2.58 bits per heavy atom. The van der Waals surface area contributed by atoms with Gasteiger partial charge in [0.2, 0.25) is 11.8 Å². The minimum atomic E-state index is -0.321. The minimum Gasteiger partial charge on any atom is -0.326 e. The standard InChI is InChI=1S/C17H15ClIN3O2/c18-13-5-3-6-14(10-13)21-16(23)8-9-17(24)22-20-11-12-4-1-2-7-15(12)19/h1-7,10-11H,8-9H2,(H,21,23)(H,22,24)/b20-11-. The first-order chi connectivity index (χ1) is 11.5. The summed E-state index contributed by atoms with van der Waals surface area (Å²) in [5, 5.41) is 7.12. The maximum Gasteiger partial charge on any atom is 0.240 e. The highest BCUT2D eigenvalue weighted by Crippen LogP contribution is 2.15. The second-order valence-electron chi connectivity index (χ2n) is 4.87. The molecule has 2 amide bonds. The van der Waals surface area contributed by atoms with Gasteiger partial charge in [-0.25, -0.2) is 5.43 Å². The zero-order valence-corrected chi connectivity index (χ0v) is 15.5. The van der Waals surface area contributed by atoms with Crippen LogP contribution in [-0.4, -0.2) is 18.0 Å². The Balaban J connectivity index is 1.75. The topological polar surface area (TPSA) is 70.6 Å². The van der Waals surface area contributed by atoms with Crippen LogP contribution in [0.15, 0.2) is 53.6 Å². The average molecular weight is 456 g/mol. The number of nitrogens with one attached hydrogen (secondary N) is 2. The Morgan fingerprint density at radius 1 is 1.08 bits per heavy atom. The summed E-state index contributed by atoms with van der Waals surface area (Å²) in [6.07, 6.45) is 1.69. The number of amides is 2. The van der Waals surface area contributed by atoms with Gasteiger partial charge in [-0.1, -0.05) is 35.9 Å². The molecule has 0 aliphatic heterocycles. The second-order valence-corrected chi connectivity index (χ2v) is 6.47. The van der Waals surface area contributed by atoms with Gasteiger partial charge in [-0.2, -0.15) is 5.10 Å². The molecule has 0 spiro atoms. The van der Waals surface area contributed by atoms with E-state index in [1.165, 1.54) is 0 Å². The number of anilines is 1. The van der Waals surface area contributed by atoms with E-state index in [4.69, 9.17) is 11.6 Å². The Morgan fingerprint density at radius 2 is 1.83 bits per heavy atom. The number of nitrogens with zero attached hydrogens (tertiary/aromatic N) is 1. The van der Waals surface area contributed by atoms with E-state index in [1.807, 2.05) is 24.3 Å². The number of rotatable bonds is 6. The van der Waals surface area contributed by atoms with Crippen molar-refractivity contribution >= 4 is 57.9 Å². The van der Waals surface area contributed by atoms with Crippen molar-refractivity contribution in [3.63, 3.8) is 0 Å². The molecule has 0 atom stereocenters. The van der Waals surface area contributed by atoms with Crippen LogP contribution in [0.5, 0.6) is 0 Å². The molecule has 0 heterocycles. The molecule has 2 rings (SSSR count). The number of benzene rings is 2. The number of hydrogen-bond donors (Lipinski definition) is 2. The van der Waals surface area contributed by atoms with Crippen molar-refractivity contribution in [3.8, 4) is 0 Å². The number of hydrazone groups is 1. The van der Waals surface area contributed by atoms with Crippen LogP contribution in [0.2, 0.25) is 5.02 Å². The van der Waals surface area contributed by atoms with Crippen molar-refractivity contribution in [1.29, 1.82) is 0 Å². The molecule has 0 saturated heterocycles. The molecule has 0 unspecified atom stereocenters. The first kappa shape index (κ1) is 18.4. The highest BCUT2D eigenvalue weighted by molar-refractivity contribution is 14.1. The van der Waals surface area contributed by atoms with Crippen LogP contribution < -0.4 is 10.7 Å². The molecule has 0 bridgehead atoms. The van der Waals surface area contributed by atoms with Crippen LogP contribution in [0.3, 0.4) is 0 Å². The van der Waals surface area contributed by atoms with Crippen molar-refractivity contribution in [3.05, 3.63) is 62.7 Å². The van der Waals surface area contributed by atoms with Gasteiger partial charge in [-0.15, -0.1) is 0 Å². The van der Waals surface area contributed by atoms with E-state index in [9.17, 15) is 9.59 Å². The molecular formula is C17H15ClIN3O2. The lowest BCUT2D eigenvalue weighted by Crippen LogP contribution is -2.20. The summed E-state index contributed by atoms with van der Waals surface area (Å²) < 4.78 is 1.04. The van der Waals surface area contributed by atoms with Crippen LogP contribution in [-0.2, 0) is 9.59 Å². The molecule has 0 aliphatic carbocycles. The normalized spacial score (nSPS) is 10.6. The van der Waals surface area contributed by atoms with Crippen molar-refractivity contribution < 1.29 is 9.59 Å². The molecule has 0 aromatic heterocycles. The maximum atomic E-state index is 11.8. The smallest absolute Gasteiger partial charge is 0.240 e. The van der Waals surface area contributed by atoms with E-state index < -0.39 is 0 Å². The highest BCUT2D eigenvalue weighted by Gasteiger charge is 2.07. The molecule has 0 aliphatic rings. The van der Waals surface area contributed by atoms with Gasteiger partial charge in [0.1, 0.15) is 0 Å². The Kier molecular flexibility index (Phi) is 7.20. The van der Waals surface area contributed by atoms with E-state index >= 15 is 0 Å². The third-order valence-corrected chi connectivity index (χ3v) is 4.20. The van der Waals surface area contributed by atoms with Gasteiger partial charge in [-0.3, -0.25) is 9.59 Å². The third kappa shape index (κ3) is 6.29. The van der Waals surface area contributed by atoms with Crippen molar-refractivity contribution in [2.24, 2.45) is 5.10 Å². The first-order valence-corrected chi connectivity index (χ1v) is 8.62. The minimum absolute atomic E-state index is 0.0512. The summed E-state index contributed by atoms with van der Waals surface area (Å²) in [5.41, 5.74) is 3.93. The zero-order chi connectivity index (χ0) is 17.4. The fraction of sp³-hybridized carbons (Fsp3) is 0.118. The molecule has 24 heavy (non-hydrogen) atoms. The van der Waals surface area contributed by atoms with Gasteiger partial charge in [-0.05, 0) is 46.9 Å². The van der Waals surface area contributed by atoms with Crippen LogP contribution in [0.4, 0.5) is 5.69 Å². The summed E-state index contributed by atoms with van der Waals surface area (Å²) in [7, 11) is 0. The lowest BCUT2D eigenvalue weighted by Gasteiger charge is -2.05. The first-order valence-electron chi connectivity index (χ1n) is 7.16. The fourth-order valence-electron chi connectivity index (χ4n) is 1.83. The third-order valence-electron chi connectivity index (χ3n) is 2.99. The van der Waals surface area contributed by atoms with Crippen LogP contribution in [0.1, 0.15) is 18.4 Å². The summed E-state index contributed by atoms with van der Waals surface area (Å²) >= 11 is 8.03. The lowest BCUT2D eigenvalue weighted by atomic mass is 10.2. The number of hydrogen-bond acceptors (Lipinski definition) is 3. The molecule has 124 valence electrons. The fourth-order valence-corrected chi connectivity index (χ4v) is 2.54. The van der Waals surface area contributed by atoms with Crippen LogP contribution in [0, 0.1) is 3.57 Å². The number of halogens is 2. The molecule has 0 saturated carbocycles. The Bertz CT molecular complexity index is 765. The van der Waals surface area contributed by atoms with E-state index in [-0.39, 0.29) is 24.7 Å². The van der Waals surface area contributed by atoms with Gasteiger partial charge < -0.3 is 5.32 Å². The quantitative estimate of drug-likeness (QED) is 0.395. The SMILES string of the molecule is O=C(CCC(=O)Nc1cccc(Cl)c1)N/N=C\c1ccccc1I. The number of carbonyl (C=O) groups excluding carboxylic acids is 2.